The van der Waals surface area contributed by atoms with E-state index < -0.39 is 0 Å². The first-order valence-electron chi connectivity index (χ1n) is 4.97. The van der Waals surface area contributed by atoms with Crippen molar-refractivity contribution >= 4 is 0 Å². The van der Waals surface area contributed by atoms with Crippen molar-refractivity contribution in [2.24, 2.45) is 5.73 Å². The number of nitrogens with two attached hydrogens (primary N) is 1. The third-order valence-electron chi connectivity index (χ3n) is 1.97. The Hall–Kier alpha value is -0.500. The smallest absolute Gasteiger partial charge is 0.0186 e. The molecule has 1 fully saturated rings. The Labute approximate surface area is 83.8 Å². The van der Waals surface area contributed by atoms with Gasteiger partial charge in [-0.2, -0.15) is 0 Å². The van der Waals surface area contributed by atoms with E-state index in [1.54, 1.807) is 0 Å². The third kappa shape index (κ3) is 5.69. The Morgan fingerprint density at radius 3 is 2.46 bits per heavy atom. The fourth-order valence-corrected chi connectivity index (χ4v) is 1.34. The highest BCUT2D eigenvalue weighted by Crippen LogP contribution is 2.18. The molecule has 0 aromatic carbocycles. The van der Waals surface area contributed by atoms with E-state index in [0.717, 1.165) is 19.5 Å². The van der Waals surface area contributed by atoms with Crippen molar-refractivity contribution in [1.29, 1.82) is 0 Å². The van der Waals surface area contributed by atoms with Crippen molar-refractivity contribution in [2.45, 2.75) is 40.5 Å². The first-order chi connectivity index (χ1) is 5.84. The first kappa shape index (κ1) is 15.0. The van der Waals surface area contributed by atoms with Crippen molar-refractivity contribution in [3.05, 3.63) is 12.3 Å². The molecule has 0 amide bonds. The summed E-state index contributed by atoms with van der Waals surface area (Å²) in [6, 6.07) is 0. The van der Waals surface area contributed by atoms with Crippen molar-refractivity contribution < 1.29 is 0 Å². The molecule has 2 N–H and O–H groups in total. The maximum Gasteiger partial charge on any atom is 0.0186 e. The van der Waals surface area contributed by atoms with Crippen LogP contribution in [0.3, 0.4) is 0 Å². The highest BCUT2D eigenvalue weighted by atomic mass is 15.1. The number of hydrogen-bond donors (Lipinski definition) is 1. The van der Waals surface area contributed by atoms with Gasteiger partial charge in [-0.1, -0.05) is 27.9 Å². The normalized spacial score (nSPS) is 14.7. The summed E-state index contributed by atoms with van der Waals surface area (Å²) in [7, 11) is 0. The molecule has 0 aromatic heterocycles. The Morgan fingerprint density at radius 1 is 1.46 bits per heavy atom. The van der Waals surface area contributed by atoms with Gasteiger partial charge in [-0.25, -0.2) is 0 Å². The van der Waals surface area contributed by atoms with Crippen LogP contribution in [0.5, 0.6) is 0 Å². The molecule has 2 nitrogen and oxygen atoms in total. The van der Waals surface area contributed by atoms with E-state index in [4.69, 9.17) is 5.73 Å². The van der Waals surface area contributed by atoms with Gasteiger partial charge in [0.05, 0.1) is 0 Å². The summed E-state index contributed by atoms with van der Waals surface area (Å²) < 4.78 is 0. The molecule has 0 spiro atoms. The third-order valence-corrected chi connectivity index (χ3v) is 1.97. The lowest BCUT2D eigenvalue weighted by Gasteiger charge is -2.17. The van der Waals surface area contributed by atoms with Gasteiger partial charge in [0, 0.05) is 18.8 Å². The molecule has 80 valence electrons. The molecule has 1 aliphatic rings. The number of allylic oxidation sites excluding steroid dienone is 1. The minimum absolute atomic E-state index is 0. The van der Waals surface area contributed by atoms with Crippen LogP contribution in [0.2, 0.25) is 0 Å². The Bertz CT molecular complexity index is 121. The summed E-state index contributed by atoms with van der Waals surface area (Å²) in [6.45, 7) is 11.1. The predicted molar refractivity (Wildman–Crippen MR) is 61.7 cm³/mol. The van der Waals surface area contributed by atoms with Gasteiger partial charge in [0.25, 0.3) is 0 Å². The lowest BCUT2D eigenvalue weighted by Crippen LogP contribution is -2.20. The molecule has 0 bridgehead atoms. The largest absolute Gasteiger partial charge is 0.375 e. The molecule has 1 aliphatic heterocycles. The maximum atomic E-state index is 5.40. The van der Waals surface area contributed by atoms with Crippen LogP contribution >= 0.6 is 0 Å². The highest BCUT2D eigenvalue weighted by molar-refractivity contribution is 4.98. The fraction of sp³-hybridized carbons (Fsp3) is 0.818. The zero-order valence-corrected chi connectivity index (χ0v) is 8.47. The van der Waals surface area contributed by atoms with Gasteiger partial charge < -0.3 is 10.6 Å². The zero-order chi connectivity index (χ0) is 9.40. The van der Waals surface area contributed by atoms with E-state index in [2.05, 4.69) is 11.5 Å². The summed E-state index contributed by atoms with van der Waals surface area (Å²) in [5, 5.41) is 0. The van der Waals surface area contributed by atoms with Crippen molar-refractivity contribution in [2.75, 3.05) is 19.6 Å². The number of rotatable bonds is 3. The van der Waals surface area contributed by atoms with Gasteiger partial charge in [-0.15, -0.1) is 0 Å². The summed E-state index contributed by atoms with van der Waals surface area (Å²) in [6.07, 6.45) is 3.56. The summed E-state index contributed by atoms with van der Waals surface area (Å²) in [5.74, 6) is 0. The van der Waals surface area contributed by atoms with Gasteiger partial charge in [0.1, 0.15) is 0 Å². The van der Waals surface area contributed by atoms with Crippen LogP contribution in [0.4, 0.5) is 0 Å². The van der Waals surface area contributed by atoms with Crippen LogP contribution in [0.1, 0.15) is 40.5 Å². The molecule has 0 aromatic rings. The molecule has 13 heavy (non-hydrogen) atoms. The summed E-state index contributed by atoms with van der Waals surface area (Å²) in [5.41, 5.74) is 6.70. The quantitative estimate of drug-likeness (QED) is 0.734. The molecule has 1 saturated heterocycles. The van der Waals surface area contributed by atoms with Crippen LogP contribution < -0.4 is 5.73 Å². The molecule has 0 saturated carbocycles. The van der Waals surface area contributed by atoms with Crippen LogP contribution in [-0.2, 0) is 0 Å². The number of hydrogen-bond acceptors (Lipinski definition) is 2. The molecule has 0 atom stereocenters. The van der Waals surface area contributed by atoms with Gasteiger partial charge >= 0.3 is 0 Å². The minimum atomic E-state index is 0. The van der Waals surface area contributed by atoms with Crippen molar-refractivity contribution in [3.63, 3.8) is 0 Å². The molecule has 1 heterocycles. The summed E-state index contributed by atoms with van der Waals surface area (Å²) >= 11 is 0. The van der Waals surface area contributed by atoms with Gasteiger partial charge in [0.15, 0.2) is 0 Å². The highest BCUT2D eigenvalue weighted by Gasteiger charge is 2.12. The minimum Gasteiger partial charge on any atom is -0.375 e. The van der Waals surface area contributed by atoms with Crippen LogP contribution in [0.25, 0.3) is 0 Å². The zero-order valence-electron chi connectivity index (χ0n) is 8.47. The van der Waals surface area contributed by atoms with E-state index in [1.807, 2.05) is 13.8 Å². The average molecular weight is 186 g/mol. The fourth-order valence-electron chi connectivity index (χ4n) is 1.34. The molecule has 1 rings (SSSR count). The second-order valence-electron chi connectivity index (χ2n) is 2.80. The first-order valence-corrected chi connectivity index (χ1v) is 4.97. The Morgan fingerprint density at radius 2 is 2.08 bits per heavy atom. The van der Waals surface area contributed by atoms with Crippen molar-refractivity contribution in [3.8, 4) is 0 Å². The second-order valence-corrected chi connectivity index (χ2v) is 2.80. The van der Waals surface area contributed by atoms with E-state index >= 15 is 0 Å². The topological polar surface area (TPSA) is 29.3 Å². The van der Waals surface area contributed by atoms with Gasteiger partial charge in [-0.3, -0.25) is 0 Å². The second kappa shape index (κ2) is 9.59. The summed E-state index contributed by atoms with van der Waals surface area (Å²) in [4.78, 5) is 2.34. The predicted octanol–water partition coefficient (Wildman–Crippen LogP) is 2.61. The van der Waals surface area contributed by atoms with Gasteiger partial charge in [0.2, 0.25) is 0 Å². The molecular weight excluding hydrogens is 160 g/mol. The van der Waals surface area contributed by atoms with Crippen LogP contribution in [0, 0.1) is 0 Å². The standard InChI is InChI=1S/C8H16N2.C2H6.CH4/c1-8-4-2-6-10(8)7-3-5-9;1-2;/h1-7,9H2;1-2H3;1H4. The lowest BCUT2D eigenvalue weighted by molar-refractivity contribution is 0.389. The number of nitrogens with zero attached hydrogens (tertiary/aromatic N) is 1. The lowest BCUT2D eigenvalue weighted by atomic mass is 10.3. The SMILES string of the molecule is C.C=C1CCCN1CCCN.CC. The van der Waals surface area contributed by atoms with E-state index in [0.29, 0.717) is 0 Å². The number of likely N-dealkylation sites (tertiary alicyclic amines) is 1. The molecule has 0 aliphatic carbocycles. The Balaban J connectivity index is 0. The van der Waals surface area contributed by atoms with Crippen LogP contribution in [0.15, 0.2) is 12.3 Å². The molecule has 0 radical (unpaired) electrons. The average Bonchev–Trinajstić information content (AvgIpc) is 2.51. The van der Waals surface area contributed by atoms with Crippen LogP contribution in [-0.4, -0.2) is 24.5 Å². The monoisotopic (exact) mass is 186 g/mol. The molecule has 2 heteroatoms. The molecule has 0 unspecified atom stereocenters. The van der Waals surface area contributed by atoms with E-state index in [9.17, 15) is 0 Å². The maximum absolute atomic E-state index is 5.40. The van der Waals surface area contributed by atoms with E-state index in [-0.39, 0.29) is 7.43 Å². The van der Waals surface area contributed by atoms with E-state index in [1.165, 1.54) is 25.1 Å². The van der Waals surface area contributed by atoms with Gasteiger partial charge in [-0.05, 0) is 25.8 Å². The molecular formula is C11H26N2. The Kier molecular flexibility index (Phi) is 11.1. The van der Waals surface area contributed by atoms with Crippen molar-refractivity contribution in [1.82, 2.24) is 4.90 Å².